The number of hydrogen-bond acceptors (Lipinski definition) is 5. The largest absolute Gasteiger partial charge is 0.356 e. The Balaban J connectivity index is 1.38. The van der Waals surface area contributed by atoms with Crippen LogP contribution in [0.4, 0.5) is 0 Å². The zero-order valence-electron chi connectivity index (χ0n) is 22.4. The Morgan fingerprint density at radius 2 is 1.79 bits per heavy atom. The number of carbonyl (C=O) groups excluding carboxylic acids is 2. The number of aryl methyl sites for hydroxylation is 1. The second-order valence-electron chi connectivity index (χ2n) is 10.1. The molecule has 1 aliphatic rings. The summed E-state index contributed by atoms with van der Waals surface area (Å²) in [4.78, 5) is 37.8. The highest BCUT2D eigenvalue weighted by Gasteiger charge is 2.21. The third kappa shape index (κ3) is 6.67. The van der Waals surface area contributed by atoms with Crippen LogP contribution in [0.15, 0.2) is 79.1 Å². The summed E-state index contributed by atoms with van der Waals surface area (Å²) in [6, 6.07) is 21.9. The molecule has 200 valence electrons. The fourth-order valence-electron chi connectivity index (χ4n) is 5.12. The fourth-order valence-corrected chi connectivity index (χ4v) is 5.12. The molecule has 0 bridgehead atoms. The van der Waals surface area contributed by atoms with Crippen LogP contribution < -0.4 is 10.6 Å². The van der Waals surface area contributed by atoms with Gasteiger partial charge in [-0.1, -0.05) is 42.0 Å². The van der Waals surface area contributed by atoms with Crippen molar-refractivity contribution in [3.05, 3.63) is 95.8 Å². The first-order valence-corrected chi connectivity index (χ1v) is 13.7. The lowest BCUT2D eigenvalue weighted by Crippen LogP contribution is -2.35. The normalized spacial score (nSPS) is 17.5. The van der Waals surface area contributed by atoms with Crippen molar-refractivity contribution in [2.45, 2.75) is 38.6 Å². The lowest BCUT2D eigenvalue weighted by atomic mass is 10.0. The first kappa shape index (κ1) is 26.5. The highest BCUT2D eigenvalue weighted by atomic mass is 16.2. The zero-order valence-corrected chi connectivity index (χ0v) is 22.4. The van der Waals surface area contributed by atoms with Gasteiger partial charge in [-0.2, -0.15) is 0 Å². The van der Waals surface area contributed by atoms with Crippen LogP contribution >= 0.6 is 0 Å². The molecule has 7 nitrogen and oxygen atoms in total. The molecule has 2 aromatic carbocycles. The van der Waals surface area contributed by atoms with E-state index in [2.05, 4.69) is 27.8 Å². The lowest BCUT2D eigenvalue weighted by Gasteiger charge is -2.24. The molecule has 1 unspecified atom stereocenters. The Morgan fingerprint density at radius 3 is 2.62 bits per heavy atom. The van der Waals surface area contributed by atoms with E-state index in [9.17, 15) is 9.59 Å². The number of carbonyl (C=O) groups is 2. The van der Waals surface area contributed by atoms with Gasteiger partial charge in [0.1, 0.15) is 0 Å². The Hall–Kier alpha value is -4.10. The molecular weight excluding hydrogens is 486 g/mol. The Kier molecular flexibility index (Phi) is 8.58. The summed E-state index contributed by atoms with van der Waals surface area (Å²) in [6.07, 6.45) is 6.37. The van der Waals surface area contributed by atoms with E-state index in [0.29, 0.717) is 38.0 Å². The van der Waals surface area contributed by atoms with Crippen molar-refractivity contribution in [1.82, 2.24) is 25.5 Å². The van der Waals surface area contributed by atoms with Gasteiger partial charge in [0.2, 0.25) is 5.91 Å². The molecule has 3 heterocycles. The average molecular weight is 522 g/mol. The third-order valence-corrected chi connectivity index (χ3v) is 7.20. The second kappa shape index (κ2) is 12.6. The molecule has 7 heteroatoms. The van der Waals surface area contributed by atoms with Gasteiger partial charge in [0.25, 0.3) is 5.91 Å². The maximum Gasteiger partial charge on any atom is 0.254 e. The highest BCUT2D eigenvalue weighted by molar-refractivity contribution is 6.07. The number of hydrogen-bond donors (Lipinski definition) is 2. The number of pyridine rings is 2. The van der Waals surface area contributed by atoms with Crippen molar-refractivity contribution >= 4 is 22.7 Å². The first-order chi connectivity index (χ1) is 19.1. The number of fused-ring (bicyclic) bond motifs is 1. The van der Waals surface area contributed by atoms with Gasteiger partial charge in [-0.15, -0.1) is 0 Å². The molecule has 2 amide bonds. The maximum absolute atomic E-state index is 14.1. The summed E-state index contributed by atoms with van der Waals surface area (Å²) in [5.74, 6) is 0.0136. The van der Waals surface area contributed by atoms with Gasteiger partial charge in [0.15, 0.2) is 0 Å². The minimum Gasteiger partial charge on any atom is -0.356 e. The minimum atomic E-state index is -0.0259. The van der Waals surface area contributed by atoms with Crippen molar-refractivity contribution in [3.8, 4) is 11.3 Å². The van der Waals surface area contributed by atoms with Crippen molar-refractivity contribution in [3.63, 3.8) is 0 Å². The average Bonchev–Trinajstić information content (AvgIpc) is 2.99. The molecule has 1 saturated heterocycles. The zero-order chi connectivity index (χ0) is 27.0. The van der Waals surface area contributed by atoms with Crippen LogP contribution in [-0.2, 0) is 4.79 Å². The number of benzene rings is 2. The van der Waals surface area contributed by atoms with Crippen molar-refractivity contribution < 1.29 is 9.59 Å². The highest BCUT2D eigenvalue weighted by Crippen LogP contribution is 2.27. The standard InChI is InChI=1S/C32H35N5O2/c1-23-12-13-28-26(19-23)27(20-30(36-28)25-11-7-14-33-22-25)32(39)37-17-6-5-15-34-29(24-9-3-2-4-10-24)21-31(38)35-16-8-18-37/h2-4,7,9-14,19-20,22,29,34H,5-6,8,15-18,21H2,1H3,(H,35,38). The van der Waals surface area contributed by atoms with E-state index >= 15 is 0 Å². The summed E-state index contributed by atoms with van der Waals surface area (Å²) >= 11 is 0. The number of amides is 2. The summed E-state index contributed by atoms with van der Waals surface area (Å²) in [5, 5.41) is 7.47. The van der Waals surface area contributed by atoms with Crippen LogP contribution in [-0.4, -0.2) is 52.9 Å². The Labute approximate surface area is 229 Å². The van der Waals surface area contributed by atoms with Gasteiger partial charge in [0.05, 0.1) is 16.8 Å². The summed E-state index contributed by atoms with van der Waals surface area (Å²) in [5.41, 5.74) is 5.25. The molecule has 1 fully saturated rings. The van der Waals surface area contributed by atoms with Crippen LogP contribution in [0.1, 0.15) is 53.2 Å². The predicted octanol–water partition coefficient (Wildman–Crippen LogP) is 5.07. The number of nitrogens with zero attached hydrogens (tertiary/aromatic N) is 3. The van der Waals surface area contributed by atoms with Crippen LogP contribution in [0.3, 0.4) is 0 Å². The summed E-state index contributed by atoms with van der Waals surface area (Å²) in [6.45, 7) is 4.56. The van der Waals surface area contributed by atoms with Crippen molar-refractivity contribution in [1.29, 1.82) is 0 Å². The van der Waals surface area contributed by atoms with E-state index in [1.807, 2.05) is 66.4 Å². The lowest BCUT2D eigenvalue weighted by molar-refractivity contribution is -0.121. The van der Waals surface area contributed by atoms with E-state index in [0.717, 1.165) is 52.7 Å². The van der Waals surface area contributed by atoms with Crippen LogP contribution in [0.25, 0.3) is 22.2 Å². The SMILES string of the molecule is Cc1ccc2nc(-c3cccnc3)cc(C(=O)N3CCCCNC(c4ccccc4)CC(=O)NCCC3)c2c1. The van der Waals surface area contributed by atoms with Crippen molar-refractivity contribution in [2.24, 2.45) is 0 Å². The second-order valence-corrected chi connectivity index (χ2v) is 10.1. The number of rotatable bonds is 3. The Morgan fingerprint density at radius 1 is 0.949 bits per heavy atom. The van der Waals surface area contributed by atoms with Gasteiger partial charge in [-0.3, -0.25) is 14.6 Å². The number of nitrogens with one attached hydrogen (secondary N) is 2. The number of aromatic nitrogens is 2. The minimum absolute atomic E-state index is 0.00513. The van der Waals surface area contributed by atoms with Crippen LogP contribution in [0.2, 0.25) is 0 Å². The maximum atomic E-state index is 14.1. The van der Waals surface area contributed by atoms with Gasteiger partial charge in [0, 0.05) is 55.4 Å². The first-order valence-electron chi connectivity index (χ1n) is 13.7. The summed E-state index contributed by atoms with van der Waals surface area (Å²) < 4.78 is 0. The molecule has 1 atom stereocenters. The fraction of sp³-hybridized carbons (Fsp3) is 0.312. The van der Waals surface area contributed by atoms with Gasteiger partial charge in [-0.25, -0.2) is 4.98 Å². The van der Waals surface area contributed by atoms with E-state index < -0.39 is 0 Å². The monoisotopic (exact) mass is 521 g/mol. The molecule has 0 radical (unpaired) electrons. The van der Waals surface area contributed by atoms with E-state index in [4.69, 9.17) is 4.98 Å². The van der Waals surface area contributed by atoms with Crippen LogP contribution in [0.5, 0.6) is 0 Å². The quantitative estimate of drug-likeness (QED) is 0.393. The molecule has 2 N–H and O–H groups in total. The van der Waals surface area contributed by atoms with E-state index in [1.54, 1.807) is 12.4 Å². The van der Waals surface area contributed by atoms with Gasteiger partial charge in [-0.05, 0) is 68.6 Å². The smallest absolute Gasteiger partial charge is 0.254 e. The summed E-state index contributed by atoms with van der Waals surface area (Å²) in [7, 11) is 0. The molecule has 2 aromatic heterocycles. The van der Waals surface area contributed by atoms with Crippen LogP contribution in [0, 0.1) is 6.92 Å². The van der Waals surface area contributed by atoms with E-state index in [1.165, 1.54) is 0 Å². The molecule has 4 aromatic rings. The van der Waals surface area contributed by atoms with E-state index in [-0.39, 0.29) is 17.9 Å². The molecule has 5 rings (SSSR count). The topological polar surface area (TPSA) is 87.2 Å². The van der Waals surface area contributed by atoms with Gasteiger partial charge >= 0.3 is 0 Å². The molecule has 39 heavy (non-hydrogen) atoms. The van der Waals surface area contributed by atoms with Crippen molar-refractivity contribution in [2.75, 3.05) is 26.2 Å². The molecule has 0 saturated carbocycles. The van der Waals surface area contributed by atoms with Gasteiger partial charge < -0.3 is 15.5 Å². The molecule has 0 spiro atoms. The third-order valence-electron chi connectivity index (χ3n) is 7.20. The molecule has 0 aliphatic carbocycles. The molecule has 1 aliphatic heterocycles. The molecular formula is C32H35N5O2. The Bertz CT molecular complexity index is 1420. The predicted molar refractivity (Wildman–Crippen MR) is 154 cm³/mol.